The molecule has 0 radical (unpaired) electrons. The third-order valence-corrected chi connectivity index (χ3v) is 5.58. The standard InChI is InChI=1S/C24H27N3O4/c1-17(28)23-21(22(25-31-23)19-8-10-20(30-2)11-9-19)24(29)27-14-12-26(13-15-27)16-18-6-4-3-5-7-18/h3-11,17,28H,12-16H2,1-2H3/t17-/m0/s1. The van der Waals surface area contributed by atoms with E-state index in [1.54, 1.807) is 14.0 Å². The van der Waals surface area contributed by atoms with Gasteiger partial charge in [-0.2, -0.15) is 0 Å². The maximum absolute atomic E-state index is 13.4. The first-order valence-corrected chi connectivity index (χ1v) is 10.4. The number of piperazine rings is 1. The zero-order valence-electron chi connectivity index (χ0n) is 17.8. The van der Waals surface area contributed by atoms with Gasteiger partial charge in [0.05, 0.1) is 7.11 Å². The summed E-state index contributed by atoms with van der Waals surface area (Å²) in [5.41, 5.74) is 2.77. The molecule has 4 rings (SSSR count). The van der Waals surface area contributed by atoms with E-state index in [0.717, 1.165) is 25.2 Å². The molecule has 0 bridgehead atoms. The number of hydrogen-bond acceptors (Lipinski definition) is 6. The Kier molecular flexibility index (Phi) is 6.34. The molecule has 1 aliphatic heterocycles. The van der Waals surface area contributed by atoms with Crippen molar-refractivity contribution in [3.63, 3.8) is 0 Å². The first-order chi connectivity index (χ1) is 15.1. The Morgan fingerprint density at radius 3 is 2.39 bits per heavy atom. The van der Waals surface area contributed by atoms with Crippen molar-refractivity contribution in [2.45, 2.75) is 19.6 Å². The predicted octanol–water partition coefficient (Wildman–Crippen LogP) is 3.36. The summed E-state index contributed by atoms with van der Waals surface area (Å²) >= 11 is 0. The van der Waals surface area contributed by atoms with Gasteiger partial charge in [-0.15, -0.1) is 0 Å². The summed E-state index contributed by atoms with van der Waals surface area (Å²) in [7, 11) is 1.60. The lowest BCUT2D eigenvalue weighted by Crippen LogP contribution is -2.48. The van der Waals surface area contributed by atoms with Crippen LogP contribution in [0.25, 0.3) is 11.3 Å². The van der Waals surface area contributed by atoms with Gasteiger partial charge in [0.25, 0.3) is 5.91 Å². The van der Waals surface area contributed by atoms with Gasteiger partial charge in [-0.05, 0) is 36.8 Å². The smallest absolute Gasteiger partial charge is 0.259 e. The minimum Gasteiger partial charge on any atom is -0.497 e. The molecule has 1 saturated heterocycles. The van der Waals surface area contributed by atoms with Gasteiger partial charge in [0.1, 0.15) is 23.1 Å². The van der Waals surface area contributed by atoms with Gasteiger partial charge >= 0.3 is 0 Å². The SMILES string of the molecule is COc1ccc(-c2noc([C@H](C)O)c2C(=O)N2CCN(Cc3ccccc3)CC2)cc1. The van der Waals surface area contributed by atoms with Crippen LogP contribution in [0, 0.1) is 0 Å². The Morgan fingerprint density at radius 1 is 1.10 bits per heavy atom. The van der Waals surface area contributed by atoms with Crippen molar-refractivity contribution in [3.05, 3.63) is 71.5 Å². The van der Waals surface area contributed by atoms with Crippen molar-refractivity contribution in [1.82, 2.24) is 15.0 Å². The fourth-order valence-electron chi connectivity index (χ4n) is 3.85. The highest BCUT2D eigenvalue weighted by atomic mass is 16.5. The minimum atomic E-state index is -0.933. The zero-order valence-corrected chi connectivity index (χ0v) is 17.8. The lowest BCUT2D eigenvalue weighted by Gasteiger charge is -2.34. The van der Waals surface area contributed by atoms with Crippen LogP contribution >= 0.6 is 0 Å². The van der Waals surface area contributed by atoms with Crippen LogP contribution in [0.2, 0.25) is 0 Å². The fraction of sp³-hybridized carbons (Fsp3) is 0.333. The summed E-state index contributed by atoms with van der Waals surface area (Å²) in [6.45, 7) is 5.23. The van der Waals surface area contributed by atoms with Crippen molar-refractivity contribution in [2.75, 3.05) is 33.3 Å². The molecule has 0 unspecified atom stereocenters. The van der Waals surface area contributed by atoms with Crippen molar-refractivity contribution in [2.24, 2.45) is 0 Å². The molecule has 7 heteroatoms. The average Bonchev–Trinajstić information content (AvgIpc) is 3.25. The summed E-state index contributed by atoms with van der Waals surface area (Å²) < 4.78 is 10.6. The monoisotopic (exact) mass is 421 g/mol. The van der Waals surface area contributed by atoms with Gasteiger partial charge in [0, 0.05) is 38.3 Å². The summed E-state index contributed by atoms with van der Waals surface area (Å²) in [6, 6.07) is 17.6. The summed E-state index contributed by atoms with van der Waals surface area (Å²) in [5, 5.41) is 14.3. The maximum Gasteiger partial charge on any atom is 0.259 e. The van der Waals surface area contributed by atoms with Crippen molar-refractivity contribution in [1.29, 1.82) is 0 Å². The molecule has 0 aliphatic carbocycles. The van der Waals surface area contributed by atoms with Gasteiger partial charge in [-0.25, -0.2) is 0 Å². The summed E-state index contributed by atoms with van der Waals surface area (Å²) in [6.07, 6.45) is -0.933. The molecule has 1 aromatic heterocycles. The van der Waals surface area contributed by atoms with E-state index in [-0.39, 0.29) is 11.7 Å². The number of methoxy groups -OCH3 is 1. The van der Waals surface area contributed by atoms with Gasteiger partial charge in [0.15, 0.2) is 5.76 Å². The normalized spacial score (nSPS) is 15.6. The molecule has 3 aromatic rings. The number of benzene rings is 2. The van der Waals surface area contributed by atoms with E-state index >= 15 is 0 Å². The summed E-state index contributed by atoms with van der Waals surface area (Å²) in [5.74, 6) is 0.746. The second-order valence-corrected chi connectivity index (χ2v) is 7.73. The van der Waals surface area contributed by atoms with E-state index in [9.17, 15) is 9.90 Å². The second kappa shape index (κ2) is 9.32. The largest absolute Gasteiger partial charge is 0.497 e. The third kappa shape index (κ3) is 4.62. The number of rotatable bonds is 6. The number of carbonyl (C=O) groups excluding carboxylic acids is 1. The maximum atomic E-state index is 13.4. The Hall–Kier alpha value is -3.16. The molecule has 1 atom stereocenters. The number of hydrogen-bond donors (Lipinski definition) is 1. The Balaban J connectivity index is 1.52. The van der Waals surface area contributed by atoms with E-state index in [0.29, 0.717) is 30.1 Å². The Labute approximate surface area is 181 Å². The first-order valence-electron chi connectivity index (χ1n) is 10.4. The Bertz CT molecular complexity index is 1010. The lowest BCUT2D eigenvalue weighted by atomic mass is 10.0. The molecule has 2 aromatic carbocycles. The molecule has 1 amide bonds. The van der Waals surface area contributed by atoms with Crippen LogP contribution in [-0.2, 0) is 6.54 Å². The molecule has 2 heterocycles. The van der Waals surface area contributed by atoms with Gasteiger partial charge in [-0.1, -0.05) is 35.5 Å². The van der Waals surface area contributed by atoms with Crippen LogP contribution in [0.5, 0.6) is 5.75 Å². The van der Waals surface area contributed by atoms with E-state index in [1.807, 2.05) is 47.4 Å². The van der Waals surface area contributed by atoms with E-state index in [4.69, 9.17) is 9.26 Å². The molecular formula is C24H27N3O4. The lowest BCUT2D eigenvalue weighted by molar-refractivity contribution is 0.0619. The van der Waals surface area contributed by atoms with Crippen LogP contribution in [-0.4, -0.2) is 59.3 Å². The van der Waals surface area contributed by atoms with Crippen LogP contribution in [0.3, 0.4) is 0 Å². The molecule has 0 spiro atoms. The van der Waals surface area contributed by atoms with Crippen LogP contribution in [0.1, 0.15) is 34.7 Å². The fourth-order valence-corrected chi connectivity index (χ4v) is 3.85. The third-order valence-electron chi connectivity index (χ3n) is 5.58. The van der Waals surface area contributed by atoms with Crippen LogP contribution < -0.4 is 4.74 Å². The first kappa shape index (κ1) is 21.1. The minimum absolute atomic E-state index is 0.165. The number of aliphatic hydroxyl groups is 1. The molecule has 0 saturated carbocycles. The van der Waals surface area contributed by atoms with E-state index < -0.39 is 6.10 Å². The van der Waals surface area contributed by atoms with Gasteiger partial charge in [0.2, 0.25) is 0 Å². The predicted molar refractivity (Wildman–Crippen MR) is 117 cm³/mol. The topological polar surface area (TPSA) is 79.0 Å². The Morgan fingerprint density at radius 2 is 1.77 bits per heavy atom. The number of carbonyl (C=O) groups is 1. The van der Waals surface area contributed by atoms with Crippen molar-refractivity contribution >= 4 is 5.91 Å². The van der Waals surface area contributed by atoms with E-state index in [1.165, 1.54) is 5.56 Å². The molecule has 1 N–H and O–H groups in total. The van der Waals surface area contributed by atoms with Gasteiger partial charge in [-0.3, -0.25) is 9.69 Å². The van der Waals surface area contributed by atoms with Gasteiger partial charge < -0.3 is 19.3 Å². The number of aliphatic hydroxyl groups excluding tert-OH is 1. The number of aromatic nitrogens is 1. The number of nitrogens with zero attached hydrogens (tertiary/aromatic N) is 3. The molecular weight excluding hydrogens is 394 g/mol. The second-order valence-electron chi connectivity index (χ2n) is 7.73. The average molecular weight is 421 g/mol. The molecule has 1 fully saturated rings. The number of ether oxygens (including phenoxy) is 1. The highest BCUT2D eigenvalue weighted by Gasteiger charge is 2.31. The van der Waals surface area contributed by atoms with Crippen molar-refractivity contribution in [3.8, 4) is 17.0 Å². The molecule has 162 valence electrons. The highest BCUT2D eigenvalue weighted by Crippen LogP contribution is 2.31. The van der Waals surface area contributed by atoms with Crippen LogP contribution in [0.15, 0.2) is 59.1 Å². The van der Waals surface area contributed by atoms with Crippen molar-refractivity contribution < 1.29 is 19.2 Å². The molecule has 7 nitrogen and oxygen atoms in total. The van der Waals surface area contributed by atoms with Crippen LogP contribution in [0.4, 0.5) is 0 Å². The zero-order chi connectivity index (χ0) is 21.8. The quantitative estimate of drug-likeness (QED) is 0.658. The molecule has 31 heavy (non-hydrogen) atoms. The molecule has 1 aliphatic rings. The highest BCUT2D eigenvalue weighted by molar-refractivity contribution is 6.01. The number of amides is 1. The van der Waals surface area contributed by atoms with E-state index in [2.05, 4.69) is 22.2 Å². The summed E-state index contributed by atoms with van der Waals surface area (Å²) in [4.78, 5) is 17.6.